The Bertz CT molecular complexity index is 1190. The van der Waals surface area contributed by atoms with Crippen LogP contribution in [0, 0.1) is 0 Å². The van der Waals surface area contributed by atoms with Crippen LogP contribution in [0.25, 0.3) is 0 Å². The molecule has 2 heterocycles. The largest absolute Gasteiger partial charge is 0.490 e. The maximum atomic E-state index is 11.8. The Hall–Kier alpha value is -2.69. The second kappa shape index (κ2) is 17.3. The van der Waals surface area contributed by atoms with Gasteiger partial charge in [-0.05, 0) is 75.8 Å². The van der Waals surface area contributed by atoms with Gasteiger partial charge in [-0.2, -0.15) is 0 Å². The van der Waals surface area contributed by atoms with E-state index in [2.05, 4.69) is 71.8 Å². The monoisotopic (exact) mass is 625 g/mol. The van der Waals surface area contributed by atoms with E-state index in [4.69, 9.17) is 23.7 Å². The topological polar surface area (TPSA) is 90.5 Å². The summed E-state index contributed by atoms with van der Waals surface area (Å²) in [5, 5.41) is 6.84. The van der Waals surface area contributed by atoms with Crippen molar-refractivity contribution >= 4 is 11.6 Å². The number of rotatable bonds is 17. The summed E-state index contributed by atoms with van der Waals surface area (Å²) in [6.45, 7) is 16.1. The van der Waals surface area contributed by atoms with E-state index in [0.717, 1.165) is 68.1 Å². The second-order valence-corrected chi connectivity index (χ2v) is 13.1. The number of carbonyl (C=O) groups excluding carboxylic acids is 1. The summed E-state index contributed by atoms with van der Waals surface area (Å²) in [6.07, 6.45) is 2.82. The summed E-state index contributed by atoms with van der Waals surface area (Å²) in [4.78, 5) is 14.2. The average molecular weight is 626 g/mol. The molecule has 4 atom stereocenters. The molecule has 2 aliphatic heterocycles. The van der Waals surface area contributed by atoms with Gasteiger partial charge in [-0.25, -0.2) is 0 Å². The van der Waals surface area contributed by atoms with Crippen molar-refractivity contribution in [3.8, 4) is 5.75 Å². The summed E-state index contributed by atoms with van der Waals surface area (Å²) in [5.41, 5.74) is 4.37. The molecule has 0 spiro atoms. The van der Waals surface area contributed by atoms with Crippen LogP contribution in [-0.2, 0) is 37.0 Å². The third-order valence-corrected chi connectivity index (χ3v) is 8.57. The molecule has 0 aromatic heterocycles. The van der Waals surface area contributed by atoms with E-state index in [1.807, 2.05) is 13.8 Å². The second-order valence-electron chi connectivity index (χ2n) is 13.1. The Morgan fingerprint density at radius 3 is 2.67 bits per heavy atom. The molecule has 0 aliphatic carbocycles. The van der Waals surface area contributed by atoms with Crippen molar-refractivity contribution in [1.82, 2.24) is 10.6 Å². The van der Waals surface area contributed by atoms with Gasteiger partial charge in [0, 0.05) is 57.8 Å². The zero-order valence-corrected chi connectivity index (χ0v) is 28.2. The van der Waals surface area contributed by atoms with Crippen LogP contribution in [0.4, 0.5) is 5.69 Å². The summed E-state index contributed by atoms with van der Waals surface area (Å²) in [5.74, 6) is 1.14. The number of ether oxygens (including phenoxy) is 5. The number of nitrogens with zero attached hydrogens (tertiary/aromatic N) is 1. The summed E-state index contributed by atoms with van der Waals surface area (Å²) < 4.78 is 29.4. The third-order valence-electron chi connectivity index (χ3n) is 8.57. The molecule has 1 fully saturated rings. The zero-order valence-electron chi connectivity index (χ0n) is 28.2. The Labute approximate surface area is 270 Å². The first-order valence-electron chi connectivity index (χ1n) is 16.6. The van der Waals surface area contributed by atoms with Gasteiger partial charge < -0.3 is 39.2 Å². The van der Waals surface area contributed by atoms with Gasteiger partial charge in [0.25, 0.3) is 0 Å². The third kappa shape index (κ3) is 11.0. The zero-order chi connectivity index (χ0) is 32.2. The Kier molecular flexibility index (Phi) is 13.5. The molecule has 0 radical (unpaired) electrons. The maximum Gasteiger partial charge on any atom is 0.217 e. The molecule has 1 saturated heterocycles. The fraction of sp³-hybridized carbons (Fsp3) is 0.639. The number of piperidine rings is 1. The highest BCUT2D eigenvalue weighted by atomic mass is 16.5. The van der Waals surface area contributed by atoms with E-state index in [9.17, 15) is 4.79 Å². The molecule has 45 heavy (non-hydrogen) atoms. The number of hydrogen-bond acceptors (Lipinski definition) is 8. The first kappa shape index (κ1) is 35.2. The number of nitrogens with one attached hydrogen (secondary N) is 2. The Morgan fingerprint density at radius 2 is 1.93 bits per heavy atom. The normalized spacial score (nSPS) is 20.8. The van der Waals surface area contributed by atoms with Crippen molar-refractivity contribution in [3.05, 3.63) is 59.2 Å². The molecule has 250 valence electrons. The van der Waals surface area contributed by atoms with Gasteiger partial charge in [-0.1, -0.05) is 30.3 Å². The lowest BCUT2D eigenvalue weighted by Gasteiger charge is -2.40. The highest BCUT2D eigenvalue weighted by Crippen LogP contribution is 2.35. The lowest BCUT2D eigenvalue weighted by molar-refractivity contribution is -0.120. The summed E-state index contributed by atoms with van der Waals surface area (Å²) in [6, 6.07) is 15.4. The molecule has 4 rings (SSSR count). The van der Waals surface area contributed by atoms with Crippen LogP contribution in [0.3, 0.4) is 0 Å². The molecule has 0 saturated carbocycles. The number of amides is 1. The van der Waals surface area contributed by atoms with Crippen LogP contribution in [0.1, 0.15) is 76.5 Å². The van der Waals surface area contributed by atoms with Gasteiger partial charge in [0.1, 0.15) is 12.4 Å². The molecular weight excluding hydrogens is 570 g/mol. The predicted octanol–water partition coefficient (Wildman–Crippen LogP) is 5.20. The lowest BCUT2D eigenvalue weighted by atomic mass is 9.80. The molecule has 2 N–H and O–H groups in total. The van der Waals surface area contributed by atoms with E-state index in [-0.39, 0.29) is 35.6 Å². The number of anilines is 1. The Morgan fingerprint density at radius 1 is 1.16 bits per heavy atom. The van der Waals surface area contributed by atoms with Gasteiger partial charge in [0.2, 0.25) is 5.91 Å². The molecule has 1 amide bonds. The van der Waals surface area contributed by atoms with Crippen LogP contribution in [0.15, 0.2) is 42.5 Å². The van der Waals surface area contributed by atoms with Crippen LogP contribution in [0.2, 0.25) is 0 Å². The van der Waals surface area contributed by atoms with E-state index in [1.165, 1.54) is 5.56 Å². The minimum atomic E-state index is -0.304. The molecule has 2 aromatic rings. The van der Waals surface area contributed by atoms with Crippen molar-refractivity contribution in [2.24, 2.45) is 0 Å². The predicted molar refractivity (Wildman–Crippen MR) is 178 cm³/mol. The van der Waals surface area contributed by atoms with Crippen molar-refractivity contribution in [2.75, 3.05) is 58.1 Å². The van der Waals surface area contributed by atoms with E-state index in [0.29, 0.717) is 33.0 Å². The molecule has 9 nitrogen and oxygen atoms in total. The summed E-state index contributed by atoms with van der Waals surface area (Å²) in [7, 11) is 1.75. The average Bonchev–Trinajstić information content (AvgIpc) is 3.00. The molecular formula is C36H55N3O6. The SMILES string of the molecule is CCOC(C)COCc1ccc([C@H]2C[C@H](CC(C)(C)NC(C)=O)NC[C@@H]2OCc2ccc3c(c2)N(CCCOC)CCO3)cc1. The minimum Gasteiger partial charge on any atom is -0.490 e. The fourth-order valence-electron chi connectivity index (χ4n) is 6.57. The van der Waals surface area contributed by atoms with E-state index in [1.54, 1.807) is 14.0 Å². The van der Waals surface area contributed by atoms with Crippen molar-refractivity contribution in [1.29, 1.82) is 0 Å². The highest BCUT2D eigenvalue weighted by molar-refractivity contribution is 5.73. The van der Waals surface area contributed by atoms with Crippen molar-refractivity contribution in [2.45, 2.75) is 96.8 Å². The number of benzene rings is 2. The number of carbonyl (C=O) groups is 1. The van der Waals surface area contributed by atoms with Crippen LogP contribution < -0.4 is 20.3 Å². The standard InChI is InChI=1S/C36H55N3O6/c1-7-43-26(2)23-42-24-28-9-12-30(13-10-28)32-20-31(21-36(4,5)38-27(3)40)37-22-35(32)45-25-29-11-14-34-33(19-29)39(16-18-44-34)15-8-17-41-6/h9-14,19,26,31-32,35,37H,7-8,15-18,20-25H2,1-6H3,(H,38,40)/t26?,31-,32-,35+/m1/s1. The van der Waals surface area contributed by atoms with Gasteiger partial charge >= 0.3 is 0 Å². The first-order valence-corrected chi connectivity index (χ1v) is 16.6. The fourth-order valence-corrected chi connectivity index (χ4v) is 6.57. The smallest absolute Gasteiger partial charge is 0.217 e. The van der Waals surface area contributed by atoms with Crippen molar-refractivity contribution in [3.63, 3.8) is 0 Å². The van der Waals surface area contributed by atoms with Gasteiger partial charge in [0.15, 0.2) is 0 Å². The van der Waals surface area contributed by atoms with Crippen LogP contribution in [-0.4, -0.2) is 82.9 Å². The minimum absolute atomic E-state index is 0.00404. The maximum absolute atomic E-state index is 11.8. The molecule has 9 heteroatoms. The van der Waals surface area contributed by atoms with E-state index < -0.39 is 0 Å². The molecule has 2 aliphatic rings. The van der Waals surface area contributed by atoms with Crippen LogP contribution in [0.5, 0.6) is 5.75 Å². The molecule has 0 bridgehead atoms. The number of hydrogen-bond donors (Lipinski definition) is 2. The highest BCUT2D eigenvalue weighted by Gasteiger charge is 2.35. The van der Waals surface area contributed by atoms with Gasteiger partial charge in [-0.15, -0.1) is 0 Å². The first-order chi connectivity index (χ1) is 21.7. The number of fused-ring (bicyclic) bond motifs is 1. The molecule has 1 unspecified atom stereocenters. The lowest BCUT2D eigenvalue weighted by Crippen LogP contribution is -2.52. The molecule has 2 aromatic carbocycles. The van der Waals surface area contributed by atoms with Crippen LogP contribution >= 0.6 is 0 Å². The van der Waals surface area contributed by atoms with E-state index >= 15 is 0 Å². The van der Waals surface area contributed by atoms with Crippen molar-refractivity contribution < 1.29 is 28.5 Å². The van der Waals surface area contributed by atoms with Gasteiger partial charge in [0.05, 0.1) is 44.3 Å². The number of methoxy groups -OCH3 is 1. The Balaban J connectivity index is 1.44. The van der Waals surface area contributed by atoms with Gasteiger partial charge in [-0.3, -0.25) is 4.79 Å². The quantitative estimate of drug-likeness (QED) is 0.232. The summed E-state index contributed by atoms with van der Waals surface area (Å²) >= 11 is 0.